The molecule has 0 radical (unpaired) electrons. The zero-order valence-electron chi connectivity index (χ0n) is 26.4. The fourth-order valence-corrected chi connectivity index (χ4v) is 5.58. The quantitative estimate of drug-likeness (QED) is 0.181. The molecule has 12 nitrogen and oxygen atoms in total. The van der Waals surface area contributed by atoms with Gasteiger partial charge in [-0.1, -0.05) is 48.5 Å². The summed E-state index contributed by atoms with van der Waals surface area (Å²) in [5.74, 6) is -5.87. The fraction of sp³-hybridized carbons (Fsp3) is 0.382. The van der Waals surface area contributed by atoms with E-state index in [2.05, 4.69) is 12.1 Å². The maximum absolute atomic E-state index is 12.5. The highest BCUT2D eigenvalue weighted by Gasteiger charge is 2.62. The average molecular weight is 637 g/mol. The molecule has 0 saturated carbocycles. The first-order valence-corrected chi connectivity index (χ1v) is 14.5. The Labute approximate surface area is 266 Å². The fourth-order valence-electron chi connectivity index (χ4n) is 5.58. The van der Waals surface area contributed by atoms with E-state index in [0.717, 1.165) is 43.0 Å². The molecule has 0 N–H and O–H groups in total. The molecule has 12 heteroatoms. The van der Waals surface area contributed by atoms with E-state index in [1.165, 1.54) is 21.0 Å². The summed E-state index contributed by atoms with van der Waals surface area (Å²) in [5.41, 5.74) is 3.91. The Morgan fingerprint density at radius 1 is 0.696 bits per heavy atom. The van der Waals surface area contributed by atoms with Crippen molar-refractivity contribution in [2.24, 2.45) is 0 Å². The third-order valence-corrected chi connectivity index (χ3v) is 7.21. The van der Waals surface area contributed by atoms with Gasteiger partial charge in [-0.3, -0.25) is 24.0 Å². The van der Waals surface area contributed by atoms with Crippen LogP contribution in [0.5, 0.6) is 5.75 Å². The summed E-state index contributed by atoms with van der Waals surface area (Å²) in [4.78, 5) is 61.2. The maximum Gasteiger partial charge on any atom is 0.308 e. The van der Waals surface area contributed by atoms with Crippen LogP contribution in [-0.2, 0) is 64.6 Å². The average Bonchev–Trinajstić information content (AvgIpc) is 3.21. The molecule has 0 bridgehead atoms. The molecule has 5 atom stereocenters. The largest absolute Gasteiger partial charge is 0.463 e. The lowest BCUT2D eigenvalue weighted by Crippen LogP contribution is -2.67. The van der Waals surface area contributed by atoms with Crippen LogP contribution < -0.4 is 4.74 Å². The molecule has 46 heavy (non-hydrogen) atoms. The number of benzene rings is 1. The molecule has 1 heterocycles. The van der Waals surface area contributed by atoms with Crippen molar-refractivity contribution in [3.8, 4) is 16.9 Å². The zero-order chi connectivity index (χ0) is 33.6. The van der Waals surface area contributed by atoms with Gasteiger partial charge in [0, 0.05) is 41.7 Å². The van der Waals surface area contributed by atoms with Crippen molar-refractivity contribution in [3.63, 3.8) is 0 Å². The van der Waals surface area contributed by atoms with Crippen molar-refractivity contribution < 1.29 is 57.1 Å². The highest BCUT2D eigenvalue weighted by atomic mass is 16.7. The minimum Gasteiger partial charge on any atom is -0.463 e. The molecule has 0 spiro atoms. The molecule has 0 aromatic heterocycles. The van der Waals surface area contributed by atoms with Gasteiger partial charge in [0.15, 0.2) is 12.2 Å². The predicted molar refractivity (Wildman–Crippen MR) is 160 cm³/mol. The smallest absolute Gasteiger partial charge is 0.308 e. The van der Waals surface area contributed by atoms with Crippen molar-refractivity contribution in [2.45, 2.75) is 71.2 Å². The number of rotatable bonds is 10. The molecule has 0 amide bonds. The van der Waals surface area contributed by atoms with Crippen LogP contribution >= 0.6 is 0 Å². The van der Waals surface area contributed by atoms with Gasteiger partial charge < -0.3 is 33.2 Å². The van der Waals surface area contributed by atoms with Gasteiger partial charge in [-0.15, -0.1) is 0 Å². The number of fused-ring (bicyclic) bond motifs is 1. The zero-order valence-corrected chi connectivity index (χ0v) is 26.4. The molecule has 2 aliphatic carbocycles. The summed E-state index contributed by atoms with van der Waals surface area (Å²) in [7, 11) is 1.25. The molecule has 4 rings (SSSR count). The van der Waals surface area contributed by atoms with Gasteiger partial charge in [-0.05, 0) is 40.8 Å². The number of methoxy groups -OCH3 is 1. The molecule has 1 fully saturated rings. The van der Waals surface area contributed by atoms with E-state index in [4.69, 9.17) is 33.2 Å². The molecule has 244 valence electrons. The molecule has 1 unspecified atom stereocenters. The molecule has 1 aliphatic heterocycles. The van der Waals surface area contributed by atoms with Crippen LogP contribution in [0.4, 0.5) is 0 Å². The van der Waals surface area contributed by atoms with E-state index < -0.39 is 66.7 Å². The maximum atomic E-state index is 12.5. The molecule has 1 aromatic rings. The van der Waals surface area contributed by atoms with Gasteiger partial charge in [-0.2, -0.15) is 0 Å². The summed E-state index contributed by atoms with van der Waals surface area (Å²) in [5, 5.41) is 0. The Morgan fingerprint density at radius 2 is 1.30 bits per heavy atom. The molecule has 3 aliphatic rings. The Hall–Kier alpha value is -4.81. The lowest BCUT2D eigenvalue weighted by molar-refractivity contribution is -0.368. The normalized spacial score (nSPS) is 22.4. The number of hydrogen-bond acceptors (Lipinski definition) is 12. The van der Waals surface area contributed by atoms with Crippen molar-refractivity contribution in [1.29, 1.82) is 0 Å². The monoisotopic (exact) mass is 636 g/mol. The van der Waals surface area contributed by atoms with E-state index in [1.54, 1.807) is 18.2 Å². The van der Waals surface area contributed by atoms with Crippen LogP contribution in [0.25, 0.3) is 11.1 Å². The highest BCUT2D eigenvalue weighted by Crippen LogP contribution is 2.47. The summed E-state index contributed by atoms with van der Waals surface area (Å²) >= 11 is 0. The Bertz CT molecular complexity index is 1550. The third kappa shape index (κ3) is 7.88. The van der Waals surface area contributed by atoms with Gasteiger partial charge in [0.05, 0.1) is 5.56 Å². The Balaban J connectivity index is 1.92. The lowest BCUT2D eigenvalue weighted by Gasteiger charge is -2.50. The van der Waals surface area contributed by atoms with Crippen molar-refractivity contribution >= 4 is 29.8 Å². The van der Waals surface area contributed by atoms with E-state index in [0.29, 0.717) is 6.42 Å². The first kappa shape index (κ1) is 34.1. The third-order valence-electron chi connectivity index (χ3n) is 7.21. The second kappa shape index (κ2) is 14.5. The summed E-state index contributed by atoms with van der Waals surface area (Å²) in [6.07, 6.45) is -5.41. The molecule has 1 aromatic carbocycles. The number of carbonyl (C=O) groups excluding carboxylic acids is 5. The van der Waals surface area contributed by atoms with Gasteiger partial charge >= 0.3 is 29.8 Å². The number of hydrogen-bond donors (Lipinski definition) is 0. The second-order valence-electron chi connectivity index (χ2n) is 10.8. The van der Waals surface area contributed by atoms with Gasteiger partial charge in [0.2, 0.25) is 11.9 Å². The van der Waals surface area contributed by atoms with Crippen LogP contribution in [0, 0.1) is 0 Å². The van der Waals surface area contributed by atoms with Crippen LogP contribution in [-0.4, -0.2) is 68.0 Å². The molecular formula is C34H36O12. The number of esters is 5. The van der Waals surface area contributed by atoms with Crippen LogP contribution in [0.2, 0.25) is 0 Å². The summed E-state index contributed by atoms with van der Waals surface area (Å²) < 4.78 is 40.1. The van der Waals surface area contributed by atoms with E-state index >= 15 is 0 Å². The van der Waals surface area contributed by atoms with E-state index in [-0.39, 0.29) is 11.3 Å². The Morgan fingerprint density at radius 3 is 1.85 bits per heavy atom. The summed E-state index contributed by atoms with van der Waals surface area (Å²) in [6, 6.07) is 18.9. The standard InChI is InChI=1S/C34H36O12/c1-19(35)41-18-30-31(43-21(3)37)32(44-22(4)38)33(45-23(5)39)34(40-6,46-30)28-17-24(12-13-29(28)42-20(2)36)14-25-15-26-10-8-7-9-11-27(26)16-25/h7-13,15-17,30-33H,14,18H2,1-6H3/t30-,31-,32+,33-,34?/m1/s1. The minimum absolute atomic E-state index is 0.00584. The predicted octanol–water partition coefficient (Wildman–Crippen LogP) is 3.86. The van der Waals surface area contributed by atoms with Crippen molar-refractivity contribution in [2.75, 3.05) is 13.7 Å². The van der Waals surface area contributed by atoms with E-state index in [9.17, 15) is 24.0 Å². The van der Waals surface area contributed by atoms with Crippen molar-refractivity contribution in [1.82, 2.24) is 0 Å². The number of ether oxygens (including phenoxy) is 7. The lowest BCUT2D eigenvalue weighted by atomic mass is 9.85. The molecular weight excluding hydrogens is 600 g/mol. The van der Waals surface area contributed by atoms with Crippen LogP contribution in [0.3, 0.4) is 0 Å². The Kier molecular flexibility index (Phi) is 10.8. The van der Waals surface area contributed by atoms with Crippen LogP contribution in [0.1, 0.15) is 51.3 Å². The van der Waals surface area contributed by atoms with Gasteiger partial charge in [0.1, 0.15) is 18.5 Å². The van der Waals surface area contributed by atoms with Gasteiger partial charge in [0.25, 0.3) is 0 Å². The minimum atomic E-state index is -2.14. The molecule has 1 saturated heterocycles. The highest BCUT2D eigenvalue weighted by molar-refractivity contribution is 5.71. The summed E-state index contributed by atoms with van der Waals surface area (Å²) in [6.45, 7) is 5.29. The number of carbonyl (C=O) groups is 5. The topological polar surface area (TPSA) is 150 Å². The van der Waals surface area contributed by atoms with Crippen LogP contribution in [0.15, 0.2) is 60.7 Å². The first-order valence-electron chi connectivity index (χ1n) is 14.5. The SMILES string of the molecule is COC1(c2cc(Cc3cc4cccccc-4c3)ccc2OC(C)=O)O[C@H](COC(C)=O)[C@@H](OC(C)=O)[C@H](OC(C)=O)[C@H]1OC(C)=O. The second-order valence-corrected chi connectivity index (χ2v) is 10.8. The van der Waals surface area contributed by atoms with Crippen molar-refractivity contribution in [3.05, 3.63) is 77.4 Å². The van der Waals surface area contributed by atoms with Gasteiger partial charge in [-0.25, -0.2) is 0 Å². The van der Waals surface area contributed by atoms with E-state index in [1.807, 2.05) is 30.3 Å². The first-order chi connectivity index (χ1) is 21.8.